The minimum atomic E-state index is -0.477. The van der Waals surface area contributed by atoms with Crippen LogP contribution < -0.4 is 5.56 Å². The number of H-pyrrole nitrogens is 1. The Kier molecular flexibility index (Phi) is 3.56. The number of methoxy groups -OCH3 is 1. The summed E-state index contributed by atoms with van der Waals surface area (Å²) in [6.07, 6.45) is 1.58. The molecule has 6 nitrogen and oxygen atoms in total. The fraction of sp³-hybridized carbons (Fsp3) is 0.0667. The second kappa shape index (κ2) is 5.53. The number of carbonyl (C=O) groups excluding carboxylic acids is 1. The van der Waals surface area contributed by atoms with Gasteiger partial charge in [-0.3, -0.25) is 4.79 Å². The first-order valence-electron chi connectivity index (χ1n) is 6.40. The van der Waals surface area contributed by atoms with Crippen LogP contribution in [0, 0.1) is 4.77 Å². The first kappa shape index (κ1) is 14.2. The highest BCUT2D eigenvalue weighted by molar-refractivity contribution is 7.71. The van der Waals surface area contributed by atoms with E-state index in [-0.39, 0.29) is 10.3 Å². The SMILES string of the molecule is COC(=O)c1ccc2c(=O)n(-c3ccccn3)c(=S)[nH]c2c1. The zero-order valence-electron chi connectivity index (χ0n) is 11.6. The van der Waals surface area contributed by atoms with Gasteiger partial charge in [-0.25, -0.2) is 14.3 Å². The minimum absolute atomic E-state index is 0.207. The molecule has 0 aliphatic heterocycles. The molecule has 0 atom stereocenters. The molecule has 0 fully saturated rings. The number of nitrogens with zero attached hydrogens (tertiary/aromatic N) is 2. The average molecular weight is 313 g/mol. The number of aromatic amines is 1. The van der Waals surface area contributed by atoms with E-state index in [1.165, 1.54) is 17.7 Å². The molecule has 0 saturated carbocycles. The van der Waals surface area contributed by atoms with E-state index in [2.05, 4.69) is 14.7 Å². The molecular weight excluding hydrogens is 302 g/mol. The number of nitrogens with one attached hydrogen (secondary N) is 1. The quantitative estimate of drug-likeness (QED) is 0.580. The van der Waals surface area contributed by atoms with Gasteiger partial charge in [0.2, 0.25) is 0 Å². The van der Waals surface area contributed by atoms with E-state index in [1.807, 2.05) is 0 Å². The molecule has 110 valence electrons. The molecule has 1 aromatic carbocycles. The Morgan fingerprint density at radius 1 is 1.32 bits per heavy atom. The van der Waals surface area contributed by atoms with Crippen LogP contribution in [0.25, 0.3) is 16.7 Å². The van der Waals surface area contributed by atoms with Crippen LogP contribution in [0.2, 0.25) is 0 Å². The second-order valence-electron chi connectivity index (χ2n) is 4.51. The van der Waals surface area contributed by atoms with Gasteiger partial charge >= 0.3 is 5.97 Å². The summed E-state index contributed by atoms with van der Waals surface area (Å²) in [7, 11) is 1.30. The predicted molar refractivity (Wildman–Crippen MR) is 83.9 cm³/mol. The number of esters is 1. The van der Waals surface area contributed by atoms with Crippen LogP contribution in [0.4, 0.5) is 0 Å². The number of aromatic nitrogens is 3. The number of hydrogen-bond acceptors (Lipinski definition) is 5. The van der Waals surface area contributed by atoms with E-state index in [9.17, 15) is 9.59 Å². The van der Waals surface area contributed by atoms with E-state index in [0.717, 1.165) is 0 Å². The molecule has 0 aliphatic rings. The van der Waals surface area contributed by atoms with E-state index in [0.29, 0.717) is 22.3 Å². The highest BCUT2D eigenvalue weighted by Crippen LogP contribution is 2.13. The Hall–Kier alpha value is -2.80. The molecule has 2 aromatic heterocycles. The van der Waals surface area contributed by atoms with Crippen molar-refractivity contribution in [2.45, 2.75) is 0 Å². The van der Waals surface area contributed by atoms with Crippen molar-refractivity contribution in [1.29, 1.82) is 0 Å². The largest absolute Gasteiger partial charge is 0.465 e. The summed E-state index contributed by atoms with van der Waals surface area (Å²) in [5, 5.41) is 0.409. The van der Waals surface area contributed by atoms with Crippen LogP contribution in [-0.2, 0) is 4.74 Å². The molecule has 0 amide bonds. The van der Waals surface area contributed by atoms with Gasteiger partial charge in [-0.1, -0.05) is 6.07 Å². The zero-order valence-corrected chi connectivity index (χ0v) is 12.4. The Labute approximate surface area is 130 Å². The number of pyridine rings is 1. The van der Waals surface area contributed by atoms with Crippen molar-refractivity contribution in [3.8, 4) is 5.82 Å². The fourth-order valence-corrected chi connectivity index (χ4v) is 2.44. The maximum absolute atomic E-state index is 12.6. The van der Waals surface area contributed by atoms with Crippen LogP contribution in [0.15, 0.2) is 47.4 Å². The van der Waals surface area contributed by atoms with Gasteiger partial charge in [0, 0.05) is 6.20 Å². The monoisotopic (exact) mass is 313 g/mol. The average Bonchev–Trinajstić information content (AvgIpc) is 2.54. The molecule has 0 saturated heterocycles. The first-order valence-corrected chi connectivity index (χ1v) is 6.81. The van der Waals surface area contributed by atoms with Crippen LogP contribution in [0.1, 0.15) is 10.4 Å². The molecule has 0 bridgehead atoms. The van der Waals surface area contributed by atoms with Crippen molar-refractivity contribution in [3.05, 3.63) is 63.3 Å². The Morgan fingerprint density at radius 2 is 2.14 bits per heavy atom. The topological polar surface area (TPSA) is 77.0 Å². The lowest BCUT2D eigenvalue weighted by Gasteiger charge is -2.07. The summed E-state index contributed by atoms with van der Waals surface area (Å²) in [5.74, 6) is -0.0391. The molecule has 2 heterocycles. The van der Waals surface area contributed by atoms with Gasteiger partial charge in [0.1, 0.15) is 5.82 Å². The zero-order chi connectivity index (χ0) is 15.7. The lowest BCUT2D eigenvalue weighted by Crippen LogP contribution is -2.21. The minimum Gasteiger partial charge on any atom is -0.465 e. The molecule has 0 aliphatic carbocycles. The van der Waals surface area contributed by atoms with Crippen molar-refractivity contribution in [3.63, 3.8) is 0 Å². The molecule has 0 unspecified atom stereocenters. The van der Waals surface area contributed by atoms with E-state index >= 15 is 0 Å². The Bertz CT molecular complexity index is 977. The third kappa shape index (κ3) is 2.31. The smallest absolute Gasteiger partial charge is 0.337 e. The van der Waals surface area contributed by atoms with Crippen LogP contribution in [-0.4, -0.2) is 27.6 Å². The van der Waals surface area contributed by atoms with Gasteiger partial charge in [0.25, 0.3) is 5.56 Å². The number of rotatable bonds is 2. The van der Waals surface area contributed by atoms with E-state index < -0.39 is 5.97 Å². The number of ether oxygens (including phenoxy) is 1. The highest BCUT2D eigenvalue weighted by atomic mass is 32.1. The molecule has 3 rings (SSSR count). The van der Waals surface area contributed by atoms with Gasteiger partial charge < -0.3 is 9.72 Å². The molecule has 7 heteroatoms. The fourth-order valence-electron chi connectivity index (χ4n) is 2.16. The standard InChI is InChI=1S/C15H11N3O3S/c1-21-14(20)9-5-6-10-11(8-9)17-15(22)18(13(10)19)12-4-2-3-7-16-12/h2-8H,1H3,(H,17,22). The summed E-state index contributed by atoms with van der Waals surface area (Å²) in [6, 6.07) is 9.86. The number of carbonyl (C=O) groups is 1. The van der Waals surface area contributed by atoms with Crippen LogP contribution in [0.5, 0.6) is 0 Å². The molecule has 1 N–H and O–H groups in total. The molecular formula is C15H11N3O3S. The summed E-state index contributed by atoms with van der Waals surface area (Å²) >= 11 is 5.24. The van der Waals surface area contributed by atoms with Gasteiger partial charge in [-0.2, -0.15) is 0 Å². The molecule has 0 spiro atoms. The van der Waals surface area contributed by atoms with E-state index in [4.69, 9.17) is 12.2 Å². The number of benzene rings is 1. The van der Waals surface area contributed by atoms with Gasteiger partial charge in [-0.05, 0) is 42.5 Å². The van der Waals surface area contributed by atoms with Crippen LogP contribution in [0.3, 0.4) is 0 Å². The van der Waals surface area contributed by atoms with E-state index in [1.54, 1.807) is 36.5 Å². The maximum Gasteiger partial charge on any atom is 0.337 e. The second-order valence-corrected chi connectivity index (χ2v) is 4.90. The molecule has 0 radical (unpaired) electrons. The highest BCUT2D eigenvalue weighted by Gasteiger charge is 2.11. The van der Waals surface area contributed by atoms with Gasteiger partial charge in [0.15, 0.2) is 4.77 Å². The summed E-state index contributed by atoms with van der Waals surface area (Å²) in [4.78, 5) is 31.3. The lowest BCUT2D eigenvalue weighted by molar-refractivity contribution is 0.0601. The normalized spacial score (nSPS) is 10.6. The summed E-state index contributed by atoms with van der Waals surface area (Å²) in [5.41, 5.74) is 0.523. The number of hydrogen-bond donors (Lipinski definition) is 1. The molecule has 22 heavy (non-hydrogen) atoms. The van der Waals surface area contributed by atoms with Crippen molar-refractivity contribution in [2.75, 3.05) is 7.11 Å². The first-order chi connectivity index (χ1) is 10.6. The summed E-state index contributed by atoms with van der Waals surface area (Å²) in [6.45, 7) is 0. The Morgan fingerprint density at radius 3 is 2.82 bits per heavy atom. The van der Waals surface area contributed by atoms with Crippen molar-refractivity contribution in [2.24, 2.45) is 0 Å². The molecule has 3 aromatic rings. The summed E-state index contributed by atoms with van der Waals surface area (Å²) < 4.78 is 6.19. The van der Waals surface area contributed by atoms with Crippen molar-refractivity contribution < 1.29 is 9.53 Å². The lowest BCUT2D eigenvalue weighted by atomic mass is 10.1. The third-order valence-electron chi connectivity index (χ3n) is 3.20. The van der Waals surface area contributed by atoms with Crippen LogP contribution >= 0.6 is 12.2 Å². The Balaban J connectivity index is 2.29. The maximum atomic E-state index is 12.6. The van der Waals surface area contributed by atoms with Crippen molar-refractivity contribution >= 4 is 29.1 Å². The third-order valence-corrected chi connectivity index (χ3v) is 3.48. The van der Waals surface area contributed by atoms with Gasteiger partial charge in [-0.15, -0.1) is 0 Å². The number of fused-ring (bicyclic) bond motifs is 1. The van der Waals surface area contributed by atoms with Gasteiger partial charge in [0.05, 0.1) is 23.6 Å². The van der Waals surface area contributed by atoms with Crippen molar-refractivity contribution in [1.82, 2.24) is 14.5 Å². The predicted octanol–water partition coefficient (Wildman–Crippen LogP) is 2.23.